The van der Waals surface area contributed by atoms with Crippen molar-refractivity contribution in [3.8, 4) is 5.75 Å². The molecule has 0 atom stereocenters. The number of aromatic nitrogens is 1. The van der Waals surface area contributed by atoms with Crippen LogP contribution in [-0.2, 0) is 11.3 Å². The van der Waals surface area contributed by atoms with Gasteiger partial charge in [0.15, 0.2) is 17.2 Å². The Morgan fingerprint density at radius 1 is 1.28 bits per heavy atom. The van der Waals surface area contributed by atoms with Gasteiger partial charge >= 0.3 is 0 Å². The minimum atomic E-state index is -0.332. The van der Waals surface area contributed by atoms with Crippen LogP contribution in [0, 0.1) is 0 Å². The molecule has 7 heteroatoms. The van der Waals surface area contributed by atoms with E-state index in [1.54, 1.807) is 24.3 Å². The first kappa shape index (κ1) is 18.7. The van der Waals surface area contributed by atoms with Crippen molar-refractivity contribution in [2.24, 2.45) is 0 Å². The van der Waals surface area contributed by atoms with Gasteiger partial charge in [-0.3, -0.25) is 9.59 Å². The molecule has 0 radical (unpaired) electrons. The van der Waals surface area contributed by atoms with E-state index in [1.807, 2.05) is 13.8 Å². The molecule has 0 bridgehead atoms. The molecule has 0 fully saturated rings. The normalized spacial score (nSPS) is 10.7. The highest BCUT2D eigenvalue weighted by atomic mass is 16.5. The summed E-state index contributed by atoms with van der Waals surface area (Å²) in [7, 11) is 0. The second-order valence-electron chi connectivity index (χ2n) is 5.73. The van der Waals surface area contributed by atoms with Gasteiger partial charge in [0.05, 0.1) is 12.7 Å². The quantitative estimate of drug-likeness (QED) is 0.554. The number of nitrogens with zero attached hydrogens (tertiary/aromatic N) is 1. The van der Waals surface area contributed by atoms with E-state index in [2.05, 4.69) is 10.5 Å². The maximum atomic E-state index is 11.9. The first-order chi connectivity index (χ1) is 12.0. The zero-order chi connectivity index (χ0) is 18.2. The van der Waals surface area contributed by atoms with Gasteiger partial charge in [-0.25, -0.2) is 0 Å². The molecule has 0 aliphatic carbocycles. The molecular weight excluding hydrogens is 324 g/mol. The lowest BCUT2D eigenvalue weighted by Gasteiger charge is -2.07. The van der Waals surface area contributed by atoms with Crippen molar-refractivity contribution in [2.45, 2.75) is 33.5 Å². The van der Waals surface area contributed by atoms with Gasteiger partial charge < -0.3 is 19.3 Å². The third kappa shape index (κ3) is 6.04. The molecule has 0 saturated heterocycles. The average Bonchev–Trinajstić information content (AvgIpc) is 3.06. The topological polar surface area (TPSA) is 90.7 Å². The van der Waals surface area contributed by atoms with Gasteiger partial charge in [0.2, 0.25) is 0 Å². The molecule has 0 unspecified atom stereocenters. The predicted molar refractivity (Wildman–Crippen MR) is 90.7 cm³/mol. The number of benzene rings is 1. The number of ether oxygens (including phenoxy) is 2. The Morgan fingerprint density at radius 3 is 2.80 bits per heavy atom. The van der Waals surface area contributed by atoms with E-state index in [1.165, 1.54) is 13.0 Å². The van der Waals surface area contributed by atoms with Crippen LogP contribution in [0.2, 0.25) is 0 Å². The number of carbonyl (C=O) groups is 2. The standard InChI is InChI=1S/C18H22N2O5/c1-12(2)23-8-7-19-18(22)17-10-16(25-20-17)11-24-15-6-4-5-14(9-15)13(3)21/h4-6,9-10,12H,7-8,11H2,1-3H3,(H,19,22). The molecule has 1 heterocycles. The van der Waals surface area contributed by atoms with E-state index in [-0.39, 0.29) is 30.1 Å². The Kier molecular flexibility index (Phi) is 6.71. The van der Waals surface area contributed by atoms with Crippen molar-refractivity contribution < 1.29 is 23.6 Å². The highest BCUT2D eigenvalue weighted by Gasteiger charge is 2.13. The molecule has 0 aliphatic heterocycles. The van der Waals surface area contributed by atoms with Gasteiger partial charge in [0.1, 0.15) is 12.4 Å². The number of Topliss-reactive ketones (excluding diaryl/α,β-unsaturated/α-hetero) is 1. The van der Waals surface area contributed by atoms with Crippen molar-refractivity contribution in [3.63, 3.8) is 0 Å². The molecule has 0 aliphatic rings. The van der Waals surface area contributed by atoms with Crippen molar-refractivity contribution >= 4 is 11.7 Å². The Balaban J connectivity index is 1.83. The highest BCUT2D eigenvalue weighted by Crippen LogP contribution is 2.16. The van der Waals surface area contributed by atoms with Gasteiger partial charge in [0.25, 0.3) is 5.91 Å². The van der Waals surface area contributed by atoms with E-state index in [0.29, 0.717) is 30.2 Å². The summed E-state index contributed by atoms with van der Waals surface area (Å²) < 4.78 is 16.0. The minimum Gasteiger partial charge on any atom is -0.486 e. The maximum Gasteiger partial charge on any atom is 0.273 e. The van der Waals surface area contributed by atoms with Crippen LogP contribution >= 0.6 is 0 Å². The summed E-state index contributed by atoms with van der Waals surface area (Å²) in [5.41, 5.74) is 0.749. The predicted octanol–water partition coefficient (Wildman–Crippen LogP) is 2.61. The summed E-state index contributed by atoms with van der Waals surface area (Å²) in [5, 5.41) is 6.42. The third-order valence-electron chi connectivity index (χ3n) is 3.25. The van der Waals surface area contributed by atoms with E-state index in [9.17, 15) is 9.59 Å². The molecule has 7 nitrogen and oxygen atoms in total. The molecule has 134 valence electrons. The molecule has 0 spiro atoms. The summed E-state index contributed by atoms with van der Waals surface area (Å²) in [6.07, 6.45) is 0.120. The lowest BCUT2D eigenvalue weighted by molar-refractivity contribution is 0.0743. The molecule has 2 aromatic rings. The van der Waals surface area contributed by atoms with Crippen LogP contribution in [0.1, 0.15) is 47.4 Å². The SMILES string of the molecule is CC(=O)c1cccc(OCc2cc(C(=O)NCCOC(C)C)no2)c1. The van der Waals surface area contributed by atoms with Crippen LogP contribution < -0.4 is 10.1 Å². The Bertz CT molecular complexity index is 724. The number of ketones is 1. The summed E-state index contributed by atoms with van der Waals surface area (Å²) in [6.45, 7) is 6.29. The zero-order valence-electron chi connectivity index (χ0n) is 14.6. The summed E-state index contributed by atoms with van der Waals surface area (Å²) in [4.78, 5) is 23.3. The second kappa shape index (κ2) is 8.98. The summed E-state index contributed by atoms with van der Waals surface area (Å²) in [5.74, 6) is 0.587. The second-order valence-corrected chi connectivity index (χ2v) is 5.73. The molecule has 1 amide bonds. The van der Waals surface area contributed by atoms with E-state index < -0.39 is 0 Å². The van der Waals surface area contributed by atoms with Crippen LogP contribution in [0.15, 0.2) is 34.9 Å². The van der Waals surface area contributed by atoms with E-state index in [4.69, 9.17) is 14.0 Å². The van der Waals surface area contributed by atoms with Crippen molar-refractivity contribution in [1.82, 2.24) is 10.5 Å². The van der Waals surface area contributed by atoms with Gasteiger partial charge in [-0.2, -0.15) is 0 Å². The van der Waals surface area contributed by atoms with Crippen LogP contribution in [0.4, 0.5) is 0 Å². The zero-order valence-corrected chi connectivity index (χ0v) is 14.6. The fourth-order valence-corrected chi connectivity index (χ4v) is 2.00. The fraction of sp³-hybridized carbons (Fsp3) is 0.389. The van der Waals surface area contributed by atoms with Crippen molar-refractivity contribution in [2.75, 3.05) is 13.2 Å². The number of hydrogen-bond donors (Lipinski definition) is 1. The molecule has 0 saturated carbocycles. The smallest absolute Gasteiger partial charge is 0.273 e. The first-order valence-corrected chi connectivity index (χ1v) is 8.05. The maximum absolute atomic E-state index is 11.9. The third-order valence-corrected chi connectivity index (χ3v) is 3.25. The summed E-state index contributed by atoms with van der Waals surface area (Å²) in [6, 6.07) is 8.37. The number of carbonyl (C=O) groups excluding carboxylic acids is 2. The Hall–Kier alpha value is -2.67. The van der Waals surface area contributed by atoms with Gasteiger partial charge in [-0.1, -0.05) is 17.3 Å². The molecule has 1 aromatic carbocycles. The summed E-state index contributed by atoms with van der Waals surface area (Å²) >= 11 is 0. The minimum absolute atomic E-state index is 0.0366. The number of amides is 1. The van der Waals surface area contributed by atoms with Crippen molar-refractivity contribution in [3.05, 3.63) is 47.3 Å². The molecule has 1 N–H and O–H groups in total. The van der Waals surface area contributed by atoms with Crippen molar-refractivity contribution in [1.29, 1.82) is 0 Å². The van der Waals surface area contributed by atoms with Crippen LogP contribution in [0.25, 0.3) is 0 Å². The van der Waals surface area contributed by atoms with Crippen LogP contribution in [0.5, 0.6) is 5.75 Å². The first-order valence-electron chi connectivity index (χ1n) is 8.05. The highest BCUT2D eigenvalue weighted by molar-refractivity contribution is 5.94. The molecular formula is C18H22N2O5. The largest absolute Gasteiger partial charge is 0.486 e. The van der Waals surface area contributed by atoms with Gasteiger partial charge in [-0.05, 0) is 32.9 Å². The van der Waals surface area contributed by atoms with Gasteiger partial charge in [0, 0.05) is 18.2 Å². The number of nitrogens with one attached hydrogen (secondary N) is 1. The van der Waals surface area contributed by atoms with Crippen LogP contribution in [0.3, 0.4) is 0 Å². The van der Waals surface area contributed by atoms with Gasteiger partial charge in [-0.15, -0.1) is 0 Å². The molecule has 25 heavy (non-hydrogen) atoms. The average molecular weight is 346 g/mol. The monoisotopic (exact) mass is 346 g/mol. The Morgan fingerprint density at radius 2 is 2.08 bits per heavy atom. The molecule has 1 aromatic heterocycles. The van der Waals surface area contributed by atoms with Crippen LogP contribution in [-0.4, -0.2) is 36.1 Å². The Labute approximate surface area is 146 Å². The van der Waals surface area contributed by atoms with E-state index in [0.717, 1.165) is 0 Å². The number of hydrogen-bond acceptors (Lipinski definition) is 6. The lowest BCUT2D eigenvalue weighted by Crippen LogP contribution is -2.28. The number of rotatable bonds is 9. The molecule has 2 rings (SSSR count). The fourth-order valence-electron chi connectivity index (χ4n) is 2.00. The van der Waals surface area contributed by atoms with E-state index >= 15 is 0 Å². The lowest BCUT2D eigenvalue weighted by atomic mass is 10.1.